The predicted molar refractivity (Wildman–Crippen MR) is 116 cm³/mol. The van der Waals surface area contributed by atoms with Crippen molar-refractivity contribution in [2.45, 2.75) is 11.3 Å². The monoisotopic (exact) mass is 474 g/mol. The first-order chi connectivity index (χ1) is 15.8. The van der Waals surface area contributed by atoms with Crippen LogP contribution >= 0.6 is 0 Å². The number of para-hydroxylation sites is 1. The first-order valence-corrected chi connectivity index (χ1v) is 11.1. The Morgan fingerprint density at radius 2 is 1.76 bits per heavy atom. The van der Waals surface area contributed by atoms with Crippen molar-refractivity contribution in [3.05, 3.63) is 94.3 Å². The minimum absolute atomic E-state index is 0.0589. The van der Waals surface area contributed by atoms with Crippen molar-refractivity contribution in [2.24, 2.45) is 0 Å². The maximum absolute atomic E-state index is 13.5. The summed E-state index contributed by atoms with van der Waals surface area (Å²) >= 11 is 0. The Bertz CT molecular complexity index is 1250. The number of nitro groups is 1. The van der Waals surface area contributed by atoms with Gasteiger partial charge in [0.1, 0.15) is 10.6 Å². The lowest BCUT2D eigenvalue weighted by Gasteiger charge is -2.09. The molecule has 0 aliphatic heterocycles. The molecular formula is C22H19FN2O7S. The zero-order valence-corrected chi connectivity index (χ0v) is 18.0. The molecule has 1 N–H and O–H groups in total. The lowest BCUT2D eigenvalue weighted by molar-refractivity contribution is -0.385. The fourth-order valence-corrected chi connectivity index (χ4v) is 3.68. The molecule has 9 nitrogen and oxygen atoms in total. The van der Waals surface area contributed by atoms with Gasteiger partial charge in [0.05, 0.1) is 11.5 Å². The second kappa shape index (κ2) is 10.6. The Morgan fingerprint density at radius 3 is 2.45 bits per heavy atom. The summed E-state index contributed by atoms with van der Waals surface area (Å²) in [5.74, 6) is -0.777. The number of nitrogens with zero attached hydrogens (tertiary/aromatic N) is 1. The number of carbonyl (C=O) groups excluding carboxylic acids is 1. The van der Waals surface area contributed by atoms with Crippen LogP contribution in [0, 0.1) is 15.9 Å². The van der Waals surface area contributed by atoms with E-state index in [1.54, 1.807) is 12.1 Å². The van der Waals surface area contributed by atoms with E-state index in [0.717, 1.165) is 6.07 Å². The van der Waals surface area contributed by atoms with Gasteiger partial charge in [-0.1, -0.05) is 18.2 Å². The topological polar surface area (TPSA) is 125 Å². The van der Waals surface area contributed by atoms with Crippen LogP contribution < -0.4 is 14.2 Å². The third-order valence-electron chi connectivity index (χ3n) is 4.34. The van der Waals surface area contributed by atoms with E-state index in [1.165, 1.54) is 54.6 Å². The van der Waals surface area contributed by atoms with E-state index in [0.29, 0.717) is 6.42 Å². The van der Waals surface area contributed by atoms with Crippen molar-refractivity contribution in [1.29, 1.82) is 0 Å². The Balaban J connectivity index is 1.51. The summed E-state index contributed by atoms with van der Waals surface area (Å²) in [6, 6.07) is 15.8. The SMILES string of the molecule is O=C(NCCCOc1ccccc1F)c1ccc(OS(=O)(=O)c2cccc([N+](=O)[O-])c2)cc1. The minimum atomic E-state index is -4.29. The first-order valence-electron chi connectivity index (χ1n) is 9.71. The van der Waals surface area contributed by atoms with Crippen LogP contribution in [0.25, 0.3) is 0 Å². The van der Waals surface area contributed by atoms with Crippen LogP contribution in [0.2, 0.25) is 0 Å². The van der Waals surface area contributed by atoms with Gasteiger partial charge in [0.25, 0.3) is 11.6 Å². The number of ether oxygens (including phenoxy) is 1. The largest absolute Gasteiger partial charge is 0.490 e. The summed E-state index contributed by atoms with van der Waals surface area (Å²) in [5, 5.41) is 13.5. The molecule has 3 rings (SSSR count). The standard InChI is InChI=1S/C22H19FN2O7S/c23-20-7-1-2-8-21(20)31-14-4-13-24-22(26)16-9-11-18(12-10-16)32-33(29,30)19-6-3-5-17(15-19)25(27)28/h1-3,5-12,15H,4,13-14H2,(H,24,26). The first kappa shape index (κ1) is 23.7. The zero-order chi connectivity index (χ0) is 23.8. The Kier molecular flexibility index (Phi) is 7.57. The summed E-state index contributed by atoms with van der Waals surface area (Å²) in [6.07, 6.45) is 0.447. The van der Waals surface area contributed by atoms with Crippen LogP contribution in [0.4, 0.5) is 10.1 Å². The van der Waals surface area contributed by atoms with Crippen molar-refractivity contribution < 1.29 is 31.4 Å². The second-order valence-electron chi connectivity index (χ2n) is 6.70. The zero-order valence-electron chi connectivity index (χ0n) is 17.1. The average Bonchev–Trinajstić information content (AvgIpc) is 2.80. The summed E-state index contributed by atoms with van der Waals surface area (Å²) in [6.45, 7) is 0.496. The van der Waals surface area contributed by atoms with Gasteiger partial charge in [-0.2, -0.15) is 8.42 Å². The molecule has 33 heavy (non-hydrogen) atoms. The molecule has 0 saturated carbocycles. The number of nitro benzene ring substituents is 1. The van der Waals surface area contributed by atoms with E-state index in [9.17, 15) is 27.7 Å². The van der Waals surface area contributed by atoms with Crippen LogP contribution in [0.1, 0.15) is 16.8 Å². The maximum Gasteiger partial charge on any atom is 0.339 e. The van der Waals surface area contributed by atoms with Crippen molar-refractivity contribution >= 4 is 21.7 Å². The lowest BCUT2D eigenvalue weighted by Crippen LogP contribution is -2.25. The Labute approximate surface area is 189 Å². The molecule has 3 aromatic carbocycles. The molecule has 0 saturated heterocycles. The predicted octanol–water partition coefficient (Wildman–Crippen LogP) is 3.70. The van der Waals surface area contributed by atoms with Crippen LogP contribution in [0.3, 0.4) is 0 Å². The van der Waals surface area contributed by atoms with Crippen LogP contribution in [-0.4, -0.2) is 32.4 Å². The number of hydrogen-bond donors (Lipinski definition) is 1. The summed E-state index contributed by atoms with van der Waals surface area (Å²) in [4.78, 5) is 22.0. The van der Waals surface area contributed by atoms with Crippen molar-refractivity contribution in [3.8, 4) is 11.5 Å². The summed E-state index contributed by atoms with van der Waals surface area (Å²) in [5.41, 5.74) is -0.115. The molecular weight excluding hydrogens is 455 g/mol. The van der Waals surface area contributed by atoms with Gasteiger partial charge >= 0.3 is 10.1 Å². The average molecular weight is 474 g/mol. The molecule has 172 valence electrons. The Morgan fingerprint density at radius 1 is 1.03 bits per heavy atom. The van der Waals surface area contributed by atoms with Crippen molar-refractivity contribution in [1.82, 2.24) is 5.32 Å². The van der Waals surface area contributed by atoms with Gasteiger partial charge in [-0.3, -0.25) is 14.9 Å². The highest BCUT2D eigenvalue weighted by Gasteiger charge is 2.20. The number of carbonyl (C=O) groups is 1. The van der Waals surface area contributed by atoms with E-state index < -0.39 is 26.8 Å². The highest BCUT2D eigenvalue weighted by atomic mass is 32.2. The molecule has 0 atom stereocenters. The van der Waals surface area contributed by atoms with Gasteiger partial charge in [-0.15, -0.1) is 0 Å². The minimum Gasteiger partial charge on any atom is -0.490 e. The Hall–Kier alpha value is -3.99. The van der Waals surface area contributed by atoms with Gasteiger partial charge in [0.2, 0.25) is 0 Å². The van der Waals surface area contributed by atoms with Crippen LogP contribution in [0.15, 0.2) is 77.7 Å². The maximum atomic E-state index is 13.5. The number of non-ortho nitro benzene ring substituents is 1. The number of amides is 1. The molecule has 0 fully saturated rings. The molecule has 0 spiro atoms. The summed E-state index contributed by atoms with van der Waals surface area (Å²) in [7, 11) is -4.29. The molecule has 0 aromatic heterocycles. The van der Waals surface area contributed by atoms with Crippen LogP contribution in [-0.2, 0) is 10.1 Å². The molecule has 0 aliphatic carbocycles. The number of benzene rings is 3. The van der Waals surface area contributed by atoms with Gasteiger partial charge < -0.3 is 14.2 Å². The van der Waals surface area contributed by atoms with Crippen molar-refractivity contribution in [3.63, 3.8) is 0 Å². The van der Waals surface area contributed by atoms with E-state index in [-0.39, 0.29) is 40.8 Å². The van der Waals surface area contributed by atoms with Gasteiger partial charge in [-0.05, 0) is 48.9 Å². The van der Waals surface area contributed by atoms with Crippen LogP contribution in [0.5, 0.6) is 11.5 Å². The molecule has 0 aliphatic rings. The smallest absolute Gasteiger partial charge is 0.339 e. The molecule has 1 amide bonds. The summed E-state index contributed by atoms with van der Waals surface area (Å²) < 4.78 is 48.5. The number of halogens is 1. The van der Waals surface area contributed by atoms with Gasteiger partial charge in [0, 0.05) is 24.2 Å². The molecule has 0 heterocycles. The van der Waals surface area contributed by atoms with Gasteiger partial charge in [-0.25, -0.2) is 4.39 Å². The van der Waals surface area contributed by atoms with E-state index in [2.05, 4.69) is 5.32 Å². The third-order valence-corrected chi connectivity index (χ3v) is 5.58. The van der Waals surface area contributed by atoms with E-state index in [4.69, 9.17) is 8.92 Å². The molecule has 0 bridgehead atoms. The highest BCUT2D eigenvalue weighted by Crippen LogP contribution is 2.22. The molecule has 0 unspecified atom stereocenters. The normalized spacial score (nSPS) is 10.9. The quantitative estimate of drug-likeness (QED) is 0.206. The van der Waals surface area contributed by atoms with E-state index >= 15 is 0 Å². The van der Waals surface area contributed by atoms with Gasteiger partial charge in [0.15, 0.2) is 11.6 Å². The van der Waals surface area contributed by atoms with E-state index in [1.807, 2.05) is 0 Å². The number of rotatable bonds is 10. The second-order valence-corrected chi connectivity index (χ2v) is 8.25. The number of hydrogen-bond acceptors (Lipinski definition) is 7. The fourth-order valence-electron chi connectivity index (χ4n) is 2.71. The lowest BCUT2D eigenvalue weighted by atomic mass is 10.2. The number of nitrogens with one attached hydrogen (secondary N) is 1. The molecule has 11 heteroatoms. The fraction of sp³-hybridized carbons (Fsp3) is 0.136. The highest BCUT2D eigenvalue weighted by molar-refractivity contribution is 7.87. The molecule has 0 radical (unpaired) electrons. The van der Waals surface area contributed by atoms with Crippen molar-refractivity contribution in [2.75, 3.05) is 13.2 Å². The third kappa shape index (κ3) is 6.50. The molecule has 3 aromatic rings.